The van der Waals surface area contributed by atoms with Gasteiger partial charge in [-0.25, -0.2) is 13.8 Å². The highest BCUT2D eigenvalue weighted by molar-refractivity contribution is 6.31. The van der Waals surface area contributed by atoms with E-state index in [1.165, 1.54) is 12.3 Å². The van der Waals surface area contributed by atoms with Crippen molar-refractivity contribution in [3.05, 3.63) is 64.4 Å². The zero-order chi connectivity index (χ0) is 23.7. The van der Waals surface area contributed by atoms with Crippen molar-refractivity contribution in [2.75, 3.05) is 6.54 Å². The van der Waals surface area contributed by atoms with Crippen molar-refractivity contribution in [2.45, 2.75) is 45.2 Å². The van der Waals surface area contributed by atoms with Crippen LogP contribution in [0.1, 0.15) is 42.7 Å². The Kier molecular flexibility index (Phi) is 6.65. The molecule has 0 unspecified atom stereocenters. The van der Waals surface area contributed by atoms with Crippen molar-refractivity contribution >= 4 is 34.4 Å². The van der Waals surface area contributed by atoms with E-state index >= 15 is 0 Å². The first-order valence-electron chi connectivity index (χ1n) is 10.9. The summed E-state index contributed by atoms with van der Waals surface area (Å²) in [7, 11) is 0. The summed E-state index contributed by atoms with van der Waals surface area (Å²) in [6.07, 6.45) is 3.12. The van der Waals surface area contributed by atoms with Crippen LogP contribution in [0.25, 0.3) is 11.0 Å². The molecule has 0 bridgehead atoms. The average Bonchev–Trinajstić information content (AvgIpc) is 3.41. The number of amides is 2. The molecular weight excluding hydrogens is 450 g/mol. The van der Waals surface area contributed by atoms with Crippen LogP contribution in [-0.4, -0.2) is 45.3 Å². The Balaban J connectivity index is 1.62. The average molecular weight is 475 g/mol. The maximum atomic E-state index is 14.4. The van der Waals surface area contributed by atoms with Crippen LogP contribution in [0.3, 0.4) is 0 Å². The minimum absolute atomic E-state index is 0.0504. The monoisotopic (exact) mass is 474 g/mol. The predicted octanol–water partition coefficient (Wildman–Crippen LogP) is 4.48. The molecule has 3 heterocycles. The Bertz CT molecular complexity index is 1200. The van der Waals surface area contributed by atoms with E-state index in [-0.39, 0.29) is 35.5 Å². The molecule has 1 aromatic carbocycles. The molecule has 0 aliphatic carbocycles. The van der Waals surface area contributed by atoms with Gasteiger partial charge in [0.15, 0.2) is 0 Å². The normalized spacial score (nSPS) is 17.0. The van der Waals surface area contributed by atoms with Crippen molar-refractivity contribution in [2.24, 2.45) is 5.92 Å². The molecule has 9 heteroatoms. The molecule has 2 atom stereocenters. The first-order chi connectivity index (χ1) is 15.7. The van der Waals surface area contributed by atoms with E-state index in [0.717, 1.165) is 25.0 Å². The molecule has 33 heavy (non-hydrogen) atoms. The molecule has 2 aromatic heterocycles. The van der Waals surface area contributed by atoms with Gasteiger partial charge in [-0.15, -0.1) is 0 Å². The lowest BCUT2D eigenvalue weighted by Crippen LogP contribution is -2.52. The molecule has 2 amide bonds. The molecule has 174 valence electrons. The van der Waals surface area contributed by atoms with Crippen molar-refractivity contribution in [1.29, 1.82) is 0 Å². The van der Waals surface area contributed by atoms with Gasteiger partial charge < -0.3 is 15.2 Å². The second-order valence-corrected chi connectivity index (χ2v) is 9.16. The highest BCUT2D eigenvalue weighted by atomic mass is 35.5. The van der Waals surface area contributed by atoms with E-state index < -0.39 is 23.6 Å². The lowest BCUT2D eigenvalue weighted by atomic mass is 9.99. The van der Waals surface area contributed by atoms with E-state index in [2.05, 4.69) is 15.3 Å². The summed E-state index contributed by atoms with van der Waals surface area (Å²) in [5, 5.41) is 3.84. The van der Waals surface area contributed by atoms with E-state index in [4.69, 9.17) is 11.6 Å². The van der Waals surface area contributed by atoms with Crippen LogP contribution >= 0.6 is 11.6 Å². The minimum atomic E-state index is -1.01. The summed E-state index contributed by atoms with van der Waals surface area (Å²) in [6, 6.07) is 5.52. The van der Waals surface area contributed by atoms with Crippen LogP contribution in [0.15, 0.2) is 36.5 Å². The van der Waals surface area contributed by atoms with Gasteiger partial charge in [-0.2, -0.15) is 0 Å². The number of aromatic nitrogens is 2. The van der Waals surface area contributed by atoms with E-state index in [0.29, 0.717) is 22.6 Å². The van der Waals surface area contributed by atoms with Crippen LogP contribution in [0.5, 0.6) is 0 Å². The summed E-state index contributed by atoms with van der Waals surface area (Å²) in [4.78, 5) is 35.4. The fraction of sp³-hybridized carbons (Fsp3) is 0.375. The van der Waals surface area contributed by atoms with Gasteiger partial charge in [0.2, 0.25) is 5.91 Å². The number of aromatic amines is 1. The SMILES string of the molecule is CC(C)[C@H]1CCCN1C(=O)[C@H](Cc1ccc(F)cc1F)NC(=O)c1cc2cc(Cl)cnc2[nH]1. The number of benzene rings is 1. The van der Waals surface area contributed by atoms with Crippen molar-refractivity contribution in [1.82, 2.24) is 20.2 Å². The third-order valence-electron chi connectivity index (χ3n) is 6.08. The molecule has 1 aliphatic rings. The molecule has 1 fully saturated rings. The number of fused-ring (bicyclic) bond motifs is 1. The van der Waals surface area contributed by atoms with Crippen molar-refractivity contribution in [3.8, 4) is 0 Å². The number of hydrogen-bond acceptors (Lipinski definition) is 3. The zero-order valence-corrected chi connectivity index (χ0v) is 19.1. The number of halogens is 3. The van der Waals surface area contributed by atoms with Gasteiger partial charge >= 0.3 is 0 Å². The quantitative estimate of drug-likeness (QED) is 0.553. The first-order valence-corrected chi connectivity index (χ1v) is 11.3. The number of pyridine rings is 1. The standard InChI is InChI=1S/C24H25ClF2N4O2/c1-13(2)21-4-3-7-31(21)24(33)20(9-14-5-6-17(26)11-18(14)27)30-23(32)19-10-15-8-16(25)12-28-22(15)29-19/h5-6,8,10-13,20-21H,3-4,7,9H2,1-2H3,(H,28,29)(H,30,32)/t20-,21+/m0/s1. The highest BCUT2D eigenvalue weighted by Gasteiger charge is 2.36. The maximum absolute atomic E-state index is 14.4. The van der Waals surface area contributed by atoms with Gasteiger partial charge in [0.05, 0.1) is 5.02 Å². The first kappa shape index (κ1) is 23.2. The third kappa shape index (κ3) is 5.00. The van der Waals surface area contributed by atoms with Gasteiger partial charge in [0, 0.05) is 36.7 Å². The third-order valence-corrected chi connectivity index (χ3v) is 6.28. The number of nitrogens with one attached hydrogen (secondary N) is 2. The fourth-order valence-electron chi connectivity index (χ4n) is 4.41. The summed E-state index contributed by atoms with van der Waals surface area (Å²) < 4.78 is 27.8. The van der Waals surface area contributed by atoms with E-state index in [1.54, 1.807) is 17.0 Å². The number of nitrogens with zero attached hydrogens (tertiary/aromatic N) is 2. The molecule has 0 saturated carbocycles. The predicted molar refractivity (Wildman–Crippen MR) is 122 cm³/mol. The van der Waals surface area contributed by atoms with Crippen molar-refractivity contribution < 1.29 is 18.4 Å². The molecule has 0 spiro atoms. The lowest BCUT2D eigenvalue weighted by Gasteiger charge is -2.31. The molecule has 4 rings (SSSR count). The van der Waals surface area contributed by atoms with Crippen LogP contribution in [0.2, 0.25) is 5.02 Å². The topological polar surface area (TPSA) is 78.1 Å². The van der Waals surface area contributed by atoms with Gasteiger partial charge in [0.25, 0.3) is 5.91 Å². The molecule has 3 aromatic rings. The Morgan fingerprint density at radius 3 is 2.79 bits per heavy atom. The van der Waals surface area contributed by atoms with Gasteiger partial charge in [-0.3, -0.25) is 9.59 Å². The number of H-pyrrole nitrogens is 1. The number of hydrogen-bond donors (Lipinski definition) is 2. The second kappa shape index (κ2) is 9.47. The van der Waals surface area contributed by atoms with Gasteiger partial charge in [0.1, 0.15) is 29.0 Å². The summed E-state index contributed by atoms with van der Waals surface area (Å²) in [5.74, 6) is -2.01. The Labute approximate surface area is 195 Å². The fourth-order valence-corrected chi connectivity index (χ4v) is 4.58. The Hall–Kier alpha value is -3.00. The lowest BCUT2D eigenvalue weighted by molar-refractivity contribution is -0.134. The van der Waals surface area contributed by atoms with Crippen LogP contribution in [0, 0.1) is 17.6 Å². The molecular formula is C24H25ClF2N4O2. The summed E-state index contributed by atoms with van der Waals surface area (Å²) in [5.41, 5.74) is 0.843. The van der Waals surface area contributed by atoms with E-state index in [1.807, 2.05) is 13.8 Å². The molecule has 1 aliphatic heterocycles. The second-order valence-electron chi connectivity index (χ2n) is 8.73. The van der Waals surface area contributed by atoms with Crippen LogP contribution < -0.4 is 5.32 Å². The zero-order valence-electron chi connectivity index (χ0n) is 18.4. The minimum Gasteiger partial charge on any atom is -0.339 e. The van der Waals surface area contributed by atoms with Crippen LogP contribution in [-0.2, 0) is 11.2 Å². The molecule has 0 radical (unpaired) electrons. The number of rotatable bonds is 6. The van der Waals surface area contributed by atoms with Gasteiger partial charge in [-0.1, -0.05) is 31.5 Å². The summed E-state index contributed by atoms with van der Waals surface area (Å²) in [6.45, 7) is 4.67. The largest absolute Gasteiger partial charge is 0.339 e. The number of carbonyl (C=O) groups excluding carboxylic acids is 2. The van der Waals surface area contributed by atoms with E-state index in [9.17, 15) is 18.4 Å². The van der Waals surface area contributed by atoms with Crippen molar-refractivity contribution in [3.63, 3.8) is 0 Å². The Morgan fingerprint density at radius 2 is 2.06 bits per heavy atom. The highest BCUT2D eigenvalue weighted by Crippen LogP contribution is 2.25. The summed E-state index contributed by atoms with van der Waals surface area (Å²) >= 11 is 5.97. The smallest absolute Gasteiger partial charge is 0.268 e. The molecule has 2 N–H and O–H groups in total. The molecule has 6 nitrogen and oxygen atoms in total. The Morgan fingerprint density at radius 1 is 1.27 bits per heavy atom. The number of likely N-dealkylation sites (tertiary alicyclic amines) is 1. The molecule has 1 saturated heterocycles. The van der Waals surface area contributed by atoms with Crippen LogP contribution in [0.4, 0.5) is 8.78 Å². The maximum Gasteiger partial charge on any atom is 0.268 e. The van der Waals surface area contributed by atoms with Gasteiger partial charge in [-0.05, 0) is 42.5 Å². The number of carbonyl (C=O) groups is 2.